The largest absolute Gasteiger partial charge is 0.423 e. The van der Waals surface area contributed by atoms with E-state index in [1.54, 1.807) is 0 Å². The highest BCUT2D eigenvalue weighted by Gasteiger charge is 2.61. The number of epoxide rings is 1. The van der Waals surface area contributed by atoms with E-state index in [-0.39, 0.29) is 0 Å². The number of rotatable bonds is 4. The van der Waals surface area contributed by atoms with Crippen LogP contribution in [0.2, 0.25) is 0 Å². The number of hydrogen-bond acceptors (Lipinski definition) is 2. The molecule has 2 nitrogen and oxygen atoms in total. The van der Waals surface area contributed by atoms with E-state index in [1.165, 1.54) is 0 Å². The van der Waals surface area contributed by atoms with Crippen LogP contribution in [0.1, 0.15) is 5.56 Å². The molecule has 142 valence electrons. The number of halogens is 11. The quantitative estimate of drug-likeness (QED) is 0.334. The van der Waals surface area contributed by atoms with Gasteiger partial charge in [0.15, 0.2) is 23.3 Å². The zero-order chi connectivity index (χ0) is 19.4. The smallest absolute Gasteiger partial charge is 0.362 e. The Balaban J connectivity index is 2.36. The Morgan fingerprint density at radius 1 is 0.800 bits per heavy atom. The predicted octanol–water partition coefficient (Wildman–Crippen LogP) is 4.12. The first-order chi connectivity index (χ1) is 11.2. The maximum Gasteiger partial charge on any atom is 0.423 e. The molecule has 1 aromatic carbocycles. The minimum absolute atomic E-state index is 0.909. The molecular weight excluding hydrogens is 385 g/mol. The molecule has 1 aliphatic heterocycles. The molecule has 0 saturated carbocycles. The number of alkyl halides is 6. The van der Waals surface area contributed by atoms with Gasteiger partial charge in [-0.05, 0) is 0 Å². The van der Waals surface area contributed by atoms with Gasteiger partial charge in [0.1, 0.15) is 5.60 Å². The van der Waals surface area contributed by atoms with Crippen LogP contribution in [0.25, 0.3) is 0 Å². The van der Waals surface area contributed by atoms with Crippen molar-refractivity contribution in [3.63, 3.8) is 0 Å². The molecule has 2 rings (SSSR count). The van der Waals surface area contributed by atoms with Crippen LogP contribution in [0.5, 0.6) is 0 Å². The number of hydrogen-bond donors (Lipinski definition) is 0. The van der Waals surface area contributed by atoms with Crippen LogP contribution in [0.15, 0.2) is 0 Å². The van der Waals surface area contributed by atoms with Gasteiger partial charge in [-0.15, -0.1) is 0 Å². The molecule has 25 heavy (non-hydrogen) atoms. The summed E-state index contributed by atoms with van der Waals surface area (Å²) in [7, 11) is 0. The van der Waals surface area contributed by atoms with Gasteiger partial charge in [-0.25, -0.2) is 22.0 Å². The lowest BCUT2D eigenvalue weighted by atomic mass is 9.98. The second-order valence-corrected chi connectivity index (χ2v) is 5.00. The van der Waals surface area contributed by atoms with Gasteiger partial charge in [-0.1, -0.05) is 0 Å². The van der Waals surface area contributed by atoms with Gasteiger partial charge < -0.3 is 9.47 Å². The molecule has 1 unspecified atom stereocenters. The molecule has 0 amide bonds. The summed E-state index contributed by atoms with van der Waals surface area (Å²) in [6.45, 7) is -2.65. The van der Waals surface area contributed by atoms with Crippen LogP contribution in [0, 0.1) is 29.1 Å². The first-order valence-corrected chi connectivity index (χ1v) is 6.13. The molecule has 0 bridgehead atoms. The van der Waals surface area contributed by atoms with E-state index >= 15 is 0 Å². The molecule has 0 N–H and O–H groups in total. The standard InChI is InChI=1S/C12H5F11O2/c13-4-3(5(14)7(16)8(17)6(4)15)10(2-25-10)1-24-9(11(18,19)20)12(21,22)23/h9H,1-2H2. The van der Waals surface area contributed by atoms with Gasteiger partial charge >= 0.3 is 12.4 Å². The average molecular weight is 390 g/mol. The summed E-state index contributed by atoms with van der Waals surface area (Å²) in [6, 6.07) is 0. The third-order valence-electron chi connectivity index (χ3n) is 3.24. The van der Waals surface area contributed by atoms with Crippen molar-refractivity contribution >= 4 is 0 Å². The first-order valence-electron chi connectivity index (χ1n) is 6.13. The highest BCUT2D eigenvalue weighted by Crippen LogP contribution is 2.45. The minimum Gasteiger partial charge on any atom is -0.362 e. The second-order valence-electron chi connectivity index (χ2n) is 5.00. The molecule has 0 aliphatic carbocycles. The molecule has 0 aromatic heterocycles. The van der Waals surface area contributed by atoms with Gasteiger partial charge in [0, 0.05) is 0 Å². The molecule has 0 spiro atoms. The third kappa shape index (κ3) is 3.52. The predicted molar refractivity (Wildman–Crippen MR) is 55.7 cm³/mol. The summed E-state index contributed by atoms with van der Waals surface area (Å²) in [5.74, 6) is -12.3. The first kappa shape index (κ1) is 19.7. The Morgan fingerprint density at radius 3 is 1.48 bits per heavy atom. The minimum atomic E-state index is -5.93. The monoisotopic (exact) mass is 390 g/mol. The van der Waals surface area contributed by atoms with E-state index in [0.717, 1.165) is 0 Å². The van der Waals surface area contributed by atoms with Crippen molar-refractivity contribution < 1.29 is 57.8 Å². The van der Waals surface area contributed by atoms with Crippen molar-refractivity contribution in [1.82, 2.24) is 0 Å². The van der Waals surface area contributed by atoms with Crippen LogP contribution in [-0.4, -0.2) is 31.7 Å². The molecule has 1 heterocycles. The molecule has 1 atom stereocenters. The van der Waals surface area contributed by atoms with Crippen LogP contribution >= 0.6 is 0 Å². The van der Waals surface area contributed by atoms with E-state index in [1.807, 2.05) is 0 Å². The Morgan fingerprint density at radius 2 is 1.16 bits per heavy atom. The zero-order valence-corrected chi connectivity index (χ0v) is 11.5. The Labute approximate surface area is 131 Å². The average Bonchev–Trinajstić information content (AvgIpc) is 3.21. The molecular formula is C12H5F11O2. The summed E-state index contributed by atoms with van der Waals surface area (Å²) >= 11 is 0. The Kier molecular flexibility index (Phi) is 4.70. The fourth-order valence-electron chi connectivity index (χ4n) is 1.98. The summed E-state index contributed by atoms with van der Waals surface area (Å²) in [5, 5.41) is 0. The van der Waals surface area contributed by atoms with E-state index in [9.17, 15) is 48.3 Å². The van der Waals surface area contributed by atoms with Gasteiger partial charge in [-0.2, -0.15) is 26.3 Å². The van der Waals surface area contributed by atoms with Crippen molar-refractivity contribution in [2.75, 3.05) is 13.2 Å². The second kappa shape index (κ2) is 5.97. The molecule has 0 radical (unpaired) electrons. The summed E-state index contributed by atoms with van der Waals surface area (Å²) in [6.07, 6.45) is -16.2. The van der Waals surface area contributed by atoms with E-state index in [2.05, 4.69) is 9.47 Å². The fourth-order valence-corrected chi connectivity index (χ4v) is 1.98. The van der Waals surface area contributed by atoms with Crippen molar-refractivity contribution in [3.8, 4) is 0 Å². The molecule has 1 fully saturated rings. The molecule has 1 aliphatic rings. The summed E-state index contributed by atoms with van der Waals surface area (Å²) < 4.78 is 149. The van der Waals surface area contributed by atoms with Crippen LogP contribution in [-0.2, 0) is 15.1 Å². The lowest BCUT2D eigenvalue weighted by molar-refractivity contribution is -0.324. The highest BCUT2D eigenvalue weighted by atomic mass is 19.4. The molecule has 1 aromatic rings. The molecule has 13 heteroatoms. The Hall–Kier alpha value is -1.63. The lowest BCUT2D eigenvalue weighted by Gasteiger charge is -2.25. The van der Waals surface area contributed by atoms with Gasteiger partial charge in [0.25, 0.3) is 0 Å². The van der Waals surface area contributed by atoms with Crippen molar-refractivity contribution in [3.05, 3.63) is 34.6 Å². The van der Waals surface area contributed by atoms with E-state index in [0.29, 0.717) is 0 Å². The number of benzene rings is 1. The zero-order valence-electron chi connectivity index (χ0n) is 11.5. The maximum absolute atomic E-state index is 13.6. The van der Waals surface area contributed by atoms with Crippen molar-refractivity contribution in [2.24, 2.45) is 0 Å². The fraction of sp³-hybridized carbons (Fsp3) is 0.500. The lowest BCUT2D eigenvalue weighted by Crippen LogP contribution is -2.45. The highest BCUT2D eigenvalue weighted by molar-refractivity contribution is 5.33. The van der Waals surface area contributed by atoms with Gasteiger partial charge in [0.05, 0.1) is 18.8 Å². The normalized spacial score (nSPS) is 21.1. The van der Waals surface area contributed by atoms with Crippen LogP contribution < -0.4 is 0 Å². The van der Waals surface area contributed by atoms with E-state index in [4.69, 9.17) is 0 Å². The van der Waals surface area contributed by atoms with Crippen molar-refractivity contribution in [2.45, 2.75) is 24.1 Å². The number of ether oxygens (including phenoxy) is 2. The summed E-state index contributed by atoms with van der Waals surface area (Å²) in [4.78, 5) is 0. The van der Waals surface area contributed by atoms with Crippen molar-refractivity contribution in [1.29, 1.82) is 0 Å². The topological polar surface area (TPSA) is 21.8 Å². The maximum atomic E-state index is 13.6. The van der Waals surface area contributed by atoms with E-state index < -0.39 is 71.9 Å². The van der Waals surface area contributed by atoms with Crippen LogP contribution in [0.4, 0.5) is 48.3 Å². The van der Waals surface area contributed by atoms with Gasteiger partial charge in [-0.3, -0.25) is 0 Å². The van der Waals surface area contributed by atoms with Crippen LogP contribution in [0.3, 0.4) is 0 Å². The SMILES string of the molecule is Fc1c(F)c(F)c(C2(COC(C(F)(F)F)C(F)(F)F)CO2)c(F)c1F. The Bertz CT molecular complexity index is 632. The third-order valence-corrected chi connectivity index (χ3v) is 3.24. The molecule has 1 saturated heterocycles. The van der Waals surface area contributed by atoms with Gasteiger partial charge in [0.2, 0.25) is 11.9 Å². The summed E-state index contributed by atoms with van der Waals surface area (Å²) in [5.41, 5.74) is -4.36.